The Morgan fingerprint density at radius 1 is 0.964 bits per heavy atom. The van der Waals surface area contributed by atoms with Crippen molar-refractivity contribution in [2.75, 3.05) is 18.2 Å². The SMILES string of the molecule is COc1ccc(CCC(=O)Nc2ccc(N)cc2C(=O)c2ccccc2)cc1. The molecule has 28 heavy (non-hydrogen) atoms. The third-order valence-electron chi connectivity index (χ3n) is 4.40. The molecule has 0 fully saturated rings. The largest absolute Gasteiger partial charge is 0.497 e. The Labute approximate surface area is 164 Å². The maximum atomic E-state index is 12.8. The van der Waals surface area contributed by atoms with Crippen LogP contribution in [0, 0.1) is 0 Å². The van der Waals surface area contributed by atoms with E-state index in [-0.39, 0.29) is 11.7 Å². The highest BCUT2D eigenvalue weighted by atomic mass is 16.5. The van der Waals surface area contributed by atoms with Crippen LogP contribution in [0.3, 0.4) is 0 Å². The Bertz CT molecular complexity index is 967. The van der Waals surface area contributed by atoms with Crippen LogP contribution in [0.15, 0.2) is 72.8 Å². The van der Waals surface area contributed by atoms with Crippen molar-refractivity contribution in [2.24, 2.45) is 0 Å². The van der Waals surface area contributed by atoms with Crippen LogP contribution < -0.4 is 15.8 Å². The molecule has 0 aromatic heterocycles. The summed E-state index contributed by atoms with van der Waals surface area (Å²) >= 11 is 0. The standard InChI is InChI=1S/C23H22N2O3/c1-28-19-11-7-16(8-12-19)9-14-22(26)25-21-13-10-18(24)15-20(21)23(27)17-5-3-2-4-6-17/h2-8,10-13,15H,9,14,24H2,1H3,(H,25,26). The molecule has 0 aliphatic rings. The van der Waals surface area contributed by atoms with Gasteiger partial charge in [0.15, 0.2) is 5.78 Å². The predicted molar refractivity (Wildman–Crippen MR) is 111 cm³/mol. The van der Waals surface area contributed by atoms with Crippen LogP contribution >= 0.6 is 0 Å². The summed E-state index contributed by atoms with van der Waals surface area (Å²) in [6, 6.07) is 21.4. The van der Waals surface area contributed by atoms with Gasteiger partial charge >= 0.3 is 0 Å². The van der Waals surface area contributed by atoms with Gasteiger partial charge in [0.1, 0.15) is 5.75 Å². The van der Waals surface area contributed by atoms with E-state index in [2.05, 4.69) is 5.32 Å². The fourth-order valence-corrected chi connectivity index (χ4v) is 2.87. The number of hydrogen-bond acceptors (Lipinski definition) is 4. The second-order valence-corrected chi connectivity index (χ2v) is 6.40. The van der Waals surface area contributed by atoms with Crippen LogP contribution in [0.1, 0.15) is 27.9 Å². The first-order chi connectivity index (χ1) is 13.6. The number of carbonyl (C=O) groups is 2. The van der Waals surface area contributed by atoms with Crippen LogP contribution in [0.4, 0.5) is 11.4 Å². The molecule has 5 heteroatoms. The summed E-state index contributed by atoms with van der Waals surface area (Å²) in [5, 5.41) is 2.84. The monoisotopic (exact) mass is 374 g/mol. The van der Waals surface area contributed by atoms with Gasteiger partial charge in [0.05, 0.1) is 12.8 Å². The lowest BCUT2D eigenvalue weighted by atomic mass is 10.0. The van der Waals surface area contributed by atoms with E-state index in [1.807, 2.05) is 30.3 Å². The topological polar surface area (TPSA) is 81.4 Å². The lowest BCUT2D eigenvalue weighted by Crippen LogP contribution is -2.16. The van der Waals surface area contributed by atoms with Crippen molar-refractivity contribution in [1.29, 1.82) is 0 Å². The molecule has 0 atom stereocenters. The minimum absolute atomic E-state index is 0.164. The minimum Gasteiger partial charge on any atom is -0.497 e. The number of methoxy groups -OCH3 is 1. The van der Waals surface area contributed by atoms with Crippen molar-refractivity contribution >= 4 is 23.1 Å². The highest BCUT2D eigenvalue weighted by Gasteiger charge is 2.16. The molecule has 3 aromatic carbocycles. The zero-order valence-electron chi connectivity index (χ0n) is 15.6. The molecule has 0 saturated heterocycles. The summed E-state index contributed by atoms with van der Waals surface area (Å²) in [6.07, 6.45) is 0.891. The summed E-state index contributed by atoms with van der Waals surface area (Å²) < 4.78 is 5.13. The molecule has 0 spiro atoms. The maximum absolute atomic E-state index is 12.8. The summed E-state index contributed by atoms with van der Waals surface area (Å²) in [6.45, 7) is 0. The van der Waals surface area contributed by atoms with Crippen LogP contribution in [0.5, 0.6) is 5.75 Å². The summed E-state index contributed by atoms with van der Waals surface area (Å²) in [4.78, 5) is 25.2. The number of rotatable bonds is 7. The number of nitrogen functional groups attached to an aromatic ring is 1. The lowest BCUT2D eigenvalue weighted by molar-refractivity contribution is -0.116. The third kappa shape index (κ3) is 4.76. The number of nitrogens with two attached hydrogens (primary N) is 1. The molecule has 3 rings (SSSR count). The van der Waals surface area contributed by atoms with Gasteiger partial charge in [-0.25, -0.2) is 0 Å². The fourth-order valence-electron chi connectivity index (χ4n) is 2.87. The van der Waals surface area contributed by atoms with Gasteiger partial charge in [-0.3, -0.25) is 9.59 Å². The van der Waals surface area contributed by atoms with Gasteiger partial charge in [-0.15, -0.1) is 0 Å². The van der Waals surface area contributed by atoms with E-state index in [9.17, 15) is 9.59 Å². The van der Waals surface area contributed by atoms with Gasteiger partial charge in [-0.2, -0.15) is 0 Å². The Hall–Kier alpha value is -3.60. The van der Waals surface area contributed by atoms with Crippen LogP contribution in [-0.4, -0.2) is 18.8 Å². The molecule has 0 saturated carbocycles. The van der Waals surface area contributed by atoms with E-state index >= 15 is 0 Å². The van der Waals surface area contributed by atoms with Crippen LogP contribution in [0.25, 0.3) is 0 Å². The normalized spacial score (nSPS) is 10.3. The van der Waals surface area contributed by atoms with Crippen molar-refractivity contribution in [1.82, 2.24) is 0 Å². The molecule has 3 N–H and O–H groups in total. The van der Waals surface area contributed by atoms with Crippen LogP contribution in [-0.2, 0) is 11.2 Å². The molecule has 0 radical (unpaired) electrons. The molecule has 0 unspecified atom stereocenters. The molecule has 1 amide bonds. The van der Waals surface area contributed by atoms with Gasteiger partial charge in [-0.1, -0.05) is 42.5 Å². The first-order valence-electron chi connectivity index (χ1n) is 8.99. The van der Waals surface area contributed by atoms with Crippen molar-refractivity contribution in [3.8, 4) is 5.75 Å². The number of hydrogen-bond donors (Lipinski definition) is 2. The van der Waals surface area contributed by atoms with Gasteiger partial charge in [-0.05, 0) is 42.3 Å². The highest BCUT2D eigenvalue weighted by Crippen LogP contribution is 2.23. The summed E-state index contributed by atoms with van der Waals surface area (Å²) in [7, 11) is 1.61. The molecule has 5 nitrogen and oxygen atoms in total. The molecule has 0 aliphatic carbocycles. The molecule has 0 heterocycles. The highest BCUT2D eigenvalue weighted by molar-refractivity contribution is 6.14. The number of anilines is 2. The average Bonchev–Trinajstić information content (AvgIpc) is 2.74. The van der Waals surface area contributed by atoms with Crippen molar-refractivity contribution in [2.45, 2.75) is 12.8 Å². The number of nitrogens with one attached hydrogen (secondary N) is 1. The van der Waals surface area contributed by atoms with Gasteiger partial charge in [0, 0.05) is 23.2 Å². The third-order valence-corrected chi connectivity index (χ3v) is 4.40. The summed E-state index contributed by atoms with van der Waals surface area (Å²) in [5.41, 5.74) is 8.74. The molecule has 0 aliphatic heterocycles. The van der Waals surface area contributed by atoms with Gasteiger partial charge in [0.25, 0.3) is 0 Å². The Morgan fingerprint density at radius 3 is 2.36 bits per heavy atom. The summed E-state index contributed by atoms with van der Waals surface area (Å²) in [5.74, 6) is 0.431. The molecule has 0 bridgehead atoms. The minimum atomic E-state index is -0.182. The second-order valence-electron chi connectivity index (χ2n) is 6.40. The molecular formula is C23H22N2O3. The number of ether oxygens (including phenoxy) is 1. The zero-order valence-corrected chi connectivity index (χ0v) is 15.6. The number of ketones is 1. The van der Waals surface area contributed by atoms with Gasteiger partial charge < -0.3 is 15.8 Å². The number of carbonyl (C=O) groups excluding carboxylic acids is 2. The van der Waals surface area contributed by atoms with E-state index in [0.29, 0.717) is 35.3 Å². The fraction of sp³-hybridized carbons (Fsp3) is 0.130. The van der Waals surface area contributed by atoms with E-state index in [1.165, 1.54) is 0 Å². The Balaban J connectivity index is 1.71. The van der Waals surface area contributed by atoms with Crippen molar-refractivity contribution in [3.05, 3.63) is 89.5 Å². The average molecular weight is 374 g/mol. The van der Waals surface area contributed by atoms with Gasteiger partial charge in [0.2, 0.25) is 5.91 Å². The van der Waals surface area contributed by atoms with E-state index in [4.69, 9.17) is 10.5 Å². The number of benzene rings is 3. The van der Waals surface area contributed by atoms with E-state index < -0.39 is 0 Å². The van der Waals surface area contributed by atoms with Crippen LogP contribution in [0.2, 0.25) is 0 Å². The van der Waals surface area contributed by atoms with Crippen molar-refractivity contribution < 1.29 is 14.3 Å². The number of aryl methyl sites for hydroxylation is 1. The van der Waals surface area contributed by atoms with E-state index in [0.717, 1.165) is 11.3 Å². The first kappa shape index (κ1) is 19.2. The lowest BCUT2D eigenvalue weighted by Gasteiger charge is -2.12. The number of amides is 1. The molecule has 142 valence electrons. The quantitative estimate of drug-likeness (QED) is 0.482. The van der Waals surface area contributed by atoms with E-state index in [1.54, 1.807) is 49.6 Å². The second kappa shape index (κ2) is 8.86. The Morgan fingerprint density at radius 2 is 1.68 bits per heavy atom. The Kier molecular flexibility index (Phi) is 6.07. The predicted octanol–water partition coefficient (Wildman–Crippen LogP) is 4.08. The first-order valence-corrected chi connectivity index (χ1v) is 8.99. The maximum Gasteiger partial charge on any atom is 0.224 e. The molecular weight excluding hydrogens is 352 g/mol. The van der Waals surface area contributed by atoms with Crippen molar-refractivity contribution in [3.63, 3.8) is 0 Å². The zero-order chi connectivity index (χ0) is 19.9. The molecule has 3 aromatic rings. The smallest absolute Gasteiger partial charge is 0.224 e.